The van der Waals surface area contributed by atoms with Gasteiger partial charge in [-0.2, -0.15) is 5.10 Å². The number of benzene rings is 1. The van der Waals surface area contributed by atoms with Gasteiger partial charge in [0.2, 0.25) is 5.13 Å². The molecular weight excluding hydrogens is 364 g/mol. The lowest BCUT2D eigenvalue weighted by molar-refractivity contribution is -0.123. The van der Waals surface area contributed by atoms with Crippen LogP contribution < -0.4 is 14.8 Å². The molecule has 2 aromatic heterocycles. The van der Waals surface area contributed by atoms with E-state index in [9.17, 15) is 4.79 Å². The molecule has 27 heavy (non-hydrogen) atoms. The van der Waals surface area contributed by atoms with E-state index in [1.54, 1.807) is 19.2 Å². The molecule has 0 radical (unpaired) electrons. The number of nitrogens with zero attached hydrogens (tertiary/aromatic N) is 3. The molecule has 7 nitrogen and oxygen atoms in total. The first kappa shape index (κ1) is 18.9. The van der Waals surface area contributed by atoms with E-state index in [1.165, 1.54) is 11.3 Å². The normalized spacial score (nSPS) is 10.6. The Labute approximate surface area is 162 Å². The van der Waals surface area contributed by atoms with Crippen LogP contribution in [0, 0.1) is 13.8 Å². The van der Waals surface area contributed by atoms with Crippen LogP contribution in [0.3, 0.4) is 0 Å². The summed E-state index contributed by atoms with van der Waals surface area (Å²) in [6.07, 6.45) is 0.649. The van der Waals surface area contributed by atoms with Crippen molar-refractivity contribution in [2.45, 2.75) is 20.3 Å². The van der Waals surface area contributed by atoms with E-state index >= 15 is 0 Å². The minimum absolute atomic E-state index is 0.0611. The van der Waals surface area contributed by atoms with Crippen LogP contribution in [0.1, 0.15) is 17.1 Å². The maximum absolute atomic E-state index is 12.0. The van der Waals surface area contributed by atoms with E-state index in [4.69, 9.17) is 9.47 Å². The summed E-state index contributed by atoms with van der Waals surface area (Å²) in [5.74, 6) is 0.962. The predicted molar refractivity (Wildman–Crippen MR) is 104 cm³/mol. The van der Waals surface area contributed by atoms with Crippen LogP contribution in [-0.2, 0) is 11.2 Å². The van der Waals surface area contributed by atoms with Crippen molar-refractivity contribution >= 4 is 17.2 Å². The van der Waals surface area contributed by atoms with Crippen molar-refractivity contribution in [3.05, 3.63) is 52.8 Å². The molecule has 0 saturated heterocycles. The van der Waals surface area contributed by atoms with E-state index in [0.29, 0.717) is 24.5 Å². The summed E-state index contributed by atoms with van der Waals surface area (Å²) in [7, 11) is 1.57. The number of methoxy groups -OCH3 is 1. The molecule has 8 heteroatoms. The molecule has 0 spiro atoms. The number of rotatable bonds is 8. The lowest BCUT2D eigenvalue weighted by Crippen LogP contribution is -2.30. The first-order chi connectivity index (χ1) is 13.1. The second-order valence-electron chi connectivity index (χ2n) is 6.00. The molecular formula is C19H22N4O3S. The number of nitrogens with one attached hydrogen (secondary N) is 1. The van der Waals surface area contributed by atoms with Crippen molar-refractivity contribution in [2.24, 2.45) is 0 Å². The van der Waals surface area contributed by atoms with E-state index in [-0.39, 0.29) is 12.5 Å². The fourth-order valence-corrected chi connectivity index (χ4v) is 3.46. The summed E-state index contributed by atoms with van der Waals surface area (Å²) in [6.45, 7) is 4.40. The van der Waals surface area contributed by atoms with E-state index < -0.39 is 0 Å². The number of hydrogen-bond acceptors (Lipinski definition) is 6. The van der Waals surface area contributed by atoms with Crippen LogP contribution in [-0.4, -0.2) is 40.9 Å². The Morgan fingerprint density at radius 2 is 2.04 bits per heavy atom. The summed E-state index contributed by atoms with van der Waals surface area (Å²) >= 11 is 1.54. The van der Waals surface area contributed by atoms with Crippen LogP contribution in [0.15, 0.2) is 35.7 Å². The van der Waals surface area contributed by atoms with Crippen LogP contribution in [0.2, 0.25) is 0 Å². The van der Waals surface area contributed by atoms with Crippen molar-refractivity contribution in [1.29, 1.82) is 0 Å². The smallest absolute Gasteiger partial charge is 0.257 e. The Hall–Kier alpha value is -2.87. The Balaban J connectivity index is 1.46. The van der Waals surface area contributed by atoms with Crippen molar-refractivity contribution < 1.29 is 14.3 Å². The van der Waals surface area contributed by atoms with Gasteiger partial charge in [-0.25, -0.2) is 9.67 Å². The fourth-order valence-electron chi connectivity index (χ4n) is 2.59. The zero-order chi connectivity index (χ0) is 19.2. The maximum Gasteiger partial charge on any atom is 0.257 e. The highest BCUT2D eigenvalue weighted by atomic mass is 32.1. The van der Waals surface area contributed by atoms with Crippen LogP contribution in [0.4, 0.5) is 0 Å². The van der Waals surface area contributed by atoms with Gasteiger partial charge in [0.25, 0.3) is 5.91 Å². The Morgan fingerprint density at radius 1 is 1.26 bits per heavy atom. The molecule has 0 saturated carbocycles. The molecule has 0 fully saturated rings. The second kappa shape index (κ2) is 8.68. The van der Waals surface area contributed by atoms with E-state index in [1.807, 2.05) is 42.1 Å². The number of ether oxygens (including phenoxy) is 2. The quantitative estimate of drug-likeness (QED) is 0.644. The summed E-state index contributed by atoms with van der Waals surface area (Å²) in [5, 5.41) is 10.1. The number of aryl methyl sites for hydroxylation is 2. The summed E-state index contributed by atoms with van der Waals surface area (Å²) in [4.78, 5) is 16.6. The molecule has 3 aromatic rings. The predicted octanol–water partition coefficient (Wildman–Crippen LogP) is 2.69. The Morgan fingerprint density at radius 3 is 2.74 bits per heavy atom. The average molecular weight is 386 g/mol. The molecule has 2 heterocycles. The molecule has 0 unspecified atom stereocenters. The van der Waals surface area contributed by atoms with Gasteiger partial charge in [0.15, 0.2) is 18.1 Å². The fraction of sp³-hybridized carbons (Fsp3) is 0.316. The molecule has 0 aliphatic carbocycles. The number of thiazole rings is 1. The minimum Gasteiger partial charge on any atom is -0.493 e. The third-order valence-corrected chi connectivity index (χ3v) is 4.73. The third kappa shape index (κ3) is 4.85. The summed E-state index contributed by atoms with van der Waals surface area (Å²) in [5.41, 5.74) is 2.94. The number of hydrogen-bond donors (Lipinski definition) is 1. The van der Waals surface area contributed by atoms with Crippen molar-refractivity contribution in [2.75, 3.05) is 20.3 Å². The summed E-state index contributed by atoms with van der Waals surface area (Å²) in [6, 6.07) is 9.25. The number of carbonyl (C=O) groups excluding carboxylic acids is 1. The summed E-state index contributed by atoms with van der Waals surface area (Å²) < 4.78 is 12.5. The van der Waals surface area contributed by atoms with Gasteiger partial charge in [0.05, 0.1) is 18.5 Å². The van der Waals surface area contributed by atoms with Gasteiger partial charge in [-0.05, 0) is 32.0 Å². The lowest BCUT2D eigenvalue weighted by atomic mass is 10.3. The number of amides is 1. The van der Waals surface area contributed by atoms with E-state index in [0.717, 1.165) is 22.2 Å². The van der Waals surface area contributed by atoms with Gasteiger partial charge in [0, 0.05) is 24.0 Å². The van der Waals surface area contributed by atoms with Crippen molar-refractivity contribution in [1.82, 2.24) is 20.1 Å². The third-order valence-electron chi connectivity index (χ3n) is 3.86. The van der Waals surface area contributed by atoms with Gasteiger partial charge in [0.1, 0.15) is 0 Å². The molecule has 1 amide bonds. The van der Waals surface area contributed by atoms with Gasteiger partial charge >= 0.3 is 0 Å². The molecule has 1 aromatic carbocycles. The number of carbonyl (C=O) groups is 1. The lowest BCUT2D eigenvalue weighted by Gasteiger charge is -2.10. The standard InChI is InChI=1S/C19H22N4O3S/c1-13-10-14(2)23(22-13)19-21-15(12-27-19)8-9-20-18(24)11-26-17-7-5-4-6-16(17)25-3/h4-7,10,12H,8-9,11H2,1-3H3,(H,20,24). The number of para-hydroxylation sites is 2. The van der Waals surface area contributed by atoms with Crippen LogP contribution >= 0.6 is 11.3 Å². The molecule has 1 N–H and O–H groups in total. The average Bonchev–Trinajstić information content (AvgIpc) is 3.26. The van der Waals surface area contributed by atoms with Crippen LogP contribution in [0.5, 0.6) is 11.5 Å². The Bertz CT molecular complexity index is 919. The molecule has 0 aliphatic rings. The van der Waals surface area contributed by atoms with Gasteiger partial charge < -0.3 is 14.8 Å². The molecule has 142 valence electrons. The second-order valence-corrected chi connectivity index (χ2v) is 6.84. The monoisotopic (exact) mass is 386 g/mol. The highest BCUT2D eigenvalue weighted by molar-refractivity contribution is 7.12. The maximum atomic E-state index is 12.0. The van der Waals surface area contributed by atoms with Crippen molar-refractivity contribution in [3.63, 3.8) is 0 Å². The van der Waals surface area contributed by atoms with Gasteiger partial charge in [-0.15, -0.1) is 11.3 Å². The molecule has 0 aliphatic heterocycles. The van der Waals surface area contributed by atoms with Gasteiger partial charge in [-0.1, -0.05) is 12.1 Å². The Kier molecular flexibility index (Phi) is 6.08. The first-order valence-corrected chi connectivity index (χ1v) is 9.45. The van der Waals surface area contributed by atoms with E-state index in [2.05, 4.69) is 15.4 Å². The zero-order valence-corrected chi connectivity index (χ0v) is 16.4. The number of aromatic nitrogens is 3. The highest BCUT2D eigenvalue weighted by Crippen LogP contribution is 2.25. The largest absolute Gasteiger partial charge is 0.493 e. The first-order valence-electron chi connectivity index (χ1n) is 8.57. The highest BCUT2D eigenvalue weighted by Gasteiger charge is 2.10. The molecule has 0 bridgehead atoms. The topological polar surface area (TPSA) is 78.3 Å². The molecule has 3 rings (SSSR count). The zero-order valence-electron chi connectivity index (χ0n) is 15.6. The van der Waals surface area contributed by atoms with Crippen LogP contribution in [0.25, 0.3) is 5.13 Å². The van der Waals surface area contributed by atoms with Gasteiger partial charge in [-0.3, -0.25) is 4.79 Å². The SMILES string of the molecule is COc1ccccc1OCC(=O)NCCc1csc(-n2nc(C)cc2C)n1. The minimum atomic E-state index is -0.185. The molecule has 0 atom stereocenters. The van der Waals surface area contributed by atoms with Crippen molar-refractivity contribution in [3.8, 4) is 16.6 Å².